The molecule has 7 nitrogen and oxygen atoms in total. The van der Waals surface area contributed by atoms with Crippen molar-refractivity contribution >= 4 is 23.0 Å². The molecule has 0 aliphatic rings. The van der Waals surface area contributed by atoms with E-state index in [0.29, 0.717) is 23.5 Å². The van der Waals surface area contributed by atoms with E-state index in [1.807, 2.05) is 64.2 Å². The van der Waals surface area contributed by atoms with Gasteiger partial charge in [0, 0.05) is 29.9 Å². The van der Waals surface area contributed by atoms with E-state index in [0.717, 1.165) is 22.3 Å². The predicted octanol–water partition coefficient (Wildman–Crippen LogP) is 5.82. The average Bonchev–Trinajstić information content (AvgIpc) is 2.85. The Bertz CT molecular complexity index is 1120. The monoisotopic (exact) mass is 466 g/mol. The number of nitrogens with zero attached hydrogens (tertiary/aromatic N) is 3. The second-order valence-corrected chi connectivity index (χ2v) is 7.00. The number of allylic oxidation sites excluding steroid dienone is 3. The number of carbonyl (C=O) groups excluding carboxylic acids is 1. The standard InChI is InChI=1S/C17H18N4O2.C4H8.C3H4O.C3H8/c1-10-14-9-19-11(2)20-16(14)21(17(22)15(10)23-4)13-7-5-6-12(8-13)18-3;1-3-4-2;1-2-3-4;1-3-2/h5-9,18H,1-4H3;3-4H,1-2H3;2-3H,1H2;3H2,1-2H3/b;4-3-;;. The van der Waals surface area contributed by atoms with Crippen LogP contribution in [0.5, 0.6) is 5.75 Å². The van der Waals surface area contributed by atoms with Crippen LogP contribution in [0.15, 0.2) is 60.1 Å². The Morgan fingerprint density at radius 2 is 1.76 bits per heavy atom. The number of carbonyl (C=O) groups is 1. The summed E-state index contributed by atoms with van der Waals surface area (Å²) >= 11 is 0. The van der Waals surface area contributed by atoms with Crippen molar-refractivity contribution in [2.45, 2.75) is 48.0 Å². The normalized spacial score (nSPS) is 9.53. The number of pyridine rings is 1. The van der Waals surface area contributed by atoms with E-state index in [1.165, 1.54) is 19.6 Å². The topological polar surface area (TPSA) is 86.1 Å². The zero-order valence-corrected chi connectivity index (χ0v) is 21.7. The van der Waals surface area contributed by atoms with Crippen molar-refractivity contribution in [3.05, 3.63) is 77.0 Å². The molecule has 0 aliphatic heterocycles. The van der Waals surface area contributed by atoms with E-state index in [2.05, 4.69) is 35.7 Å². The molecule has 34 heavy (non-hydrogen) atoms. The number of aldehydes is 1. The van der Waals surface area contributed by atoms with Crippen molar-refractivity contribution in [3.63, 3.8) is 0 Å². The fourth-order valence-corrected chi connectivity index (χ4v) is 2.65. The largest absolute Gasteiger partial charge is 0.491 e. The number of benzene rings is 1. The van der Waals surface area contributed by atoms with Crippen molar-refractivity contribution in [2.75, 3.05) is 19.5 Å². The van der Waals surface area contributed by atoms with Crippen molar-refractivity contribution < 1.29 is 9.53 Å². The maximum atomic E-state index is 12.9. The van der Waals surface area contributed by atoms with E-state index in [4.69, 9.17) is 9.53 Å². The zero-order valence-electron chi connectivity index (χ0n) is 21.7. The smallest absolute Gasteiger partial charge is 0.299 e. The summed E-state index contributed by atoms with van der Waals surface area (Å²) in [7, 11) is 3.33. The summed E-state index contributed by atoms with van der Waals surface area (Å²) in [6.07, 6.45) is 8.81. The molecule has 3 rings (SSSR count). The molecule has 7 heteroatoms. The summed E-state index contributed by atoms with van der Waals surface area (Å²) in [6.45, 7) is 15.0. The Labute approximate surface area is 203 Å². The van der Waals surface area contributed by atoms with Crippen LogP contribution in [0.2, 0.25) is 0 Å². The van der Waals surface area contributed by atoms with E-state index in [1.54, 1.807) is 17.7 Å². The van der Waals surface area contributed by atoms with Gasteiger partial charge in [0.25, 0.3) is 5.56 Å². The Hall–Kier alpha value is -3.74. The van der Waals surface area contributed by atoms with Crippen molar-refractivity contribution in [3.8, 4) is 11.4 Å². The van der Waals surface area contributed by atoms with Gasteiger partial charge in [-0.1, -0.05) is 45.1 Å². The van der Waals surface area contributed by atoms with Gasteiger partial charge in [0.2, 0.25) is 0 Å². The van der Waals surface area contributed by atoms with Crippen molar-refractivity contribution in [1.82, 2.24) is 14.5 Å². The average molecular weight is 467 g/mol. The number of hydrogen-bond donors (Lipinski definition) is 1. The van der Waals surface area contributed by atoms with Crippen LogP contribution < -0.4 is 15.6 Å². The molecule has 0 atom stereocenters. The quantitative estimate of drug-likeness (QED) is 0.296. The third-order valence-corrected chi connectivity index (χ3v) is 4.27. The van der Waals surface area contributed by atoms with Gasteiger partial charge < -0.3 is 10.1 Å². The van der Waals surface area contributed by atoms with Crippen LogP contribution in [0.3, 0.4) is 0 Å². The summed E-state index contributed by atoms with van der Waals surface area (Å²) in [4.78, 5) is 30.7. The summed E-state index contributed by atoms with van der Waals surface area (Å²) < 4.78 is 6.89. The molecule has 0 aliphatic carbocycles. The Morgan fingerprint density at radius 1 is 1.18 bits per heavy atom. The number of anilines is 1. The molecular formula is C27H38N4O3. The van der Waals surface area contributed by atoms with Crippen LogP contribution in [0, 0.1) is 13.8 Å². The number of nitrogens with one attached hydrogen (secondary N) is 1. The lowest BCUT2D eigenvalue weighted by molar-refractivity contribution is -0.104. The highest BCUT2D eigenvalue weighted by molar-refractivity contribution is 5.82. The lowest BCUT2D eigenvalue weighted by Crippen LogP contribution is -2.22. The zero-order chi connectivity index (χ0) is 26.1. The molecule has 2 heterocycles. The minimum absolute atomic E-state index is 0.233. The molecule has 0 bridgehead atoms. The molecule has 0 saturated carbocycles. The van der Waals surface area contributed by atoms with Gasteiger partial charge in [0.05, 0.1) is 12.8 Å². The number of hydrogen-bond acceptors (Lipinski definition) is 6. The first-order valence-electron chi connectivity index (χ1n) is 11.2. The summed E-state index contributed by atoms with van der Waals surface area (Å²) in [5.41, 5.74) is 2.72. The fraction of sp³-hybridized carbons (Fsp3) is 0.333. The van der Waals surface area contributed by atoms with Gasteiger partial charge in [0.1, 0.15) is 12.1 Å². The van der Waals surface area contributed by atoms with Gasteiger partial charge in [0.15, 0.2) is 11.4 Å². The third kappa shape index (κ3) is 8.65. The van der Waals surface area contributed by atoms with Gasteiger partial charge in [-0.05, 0) is 52.0 Å². The molecule has 1 aromatic carbocycles. The van der Waals surface area contributed by atoms with E-state index in [9.17, 15) is 4.79 Å². The number of rotatable bonds is 4. The maximum Gasteiger partial charge on any atom is 0.299 e. The van der Waals surface area contributed by atoms with Crippen LogP contribution in [0.4, 0.5) is 5.69 Å². The number of aryl methyl sites for hydroxylation is 2. The van der Waals surface area contributed by atoms with Crippen molar-refractivity contribution in [2.24, 2.45) is 0 Å². The van der Waals surface area contributed by atoms with E-state index >= 15 is 0 Å². The predicted molar refractivity (Wildman–Crippen MR) is 143 cm³/mol. The van der Waals surface area contributed by atoms with Crippen LogP contribution in [0.1, 0.15) is 45.5 Å². The molecule has 0 fully saturated rings. The first-order chi connectivity index (χ1) is 16.3. The molecule has 0 spiro atoms. The van der Waals surface area contributed by atoms with Gasteiger partial charge in [-0.2, -0.15) is 0 Å². The highest BCUT2D eigenvalue weighted by atomic mass is 16.5. The van der Waals surface area contributed by atoms with Crippen LogP contribution >= 0.6 is 0 Å². The first kappa shape index (κ1) is 30.3. The fourth-order valence-electron chi connectivity index (χ4n) is 2.65. The van der Waals surface area contributed by atoms with Crippen molar-refractivity contribution in [1.29, 1.82) is 0 Å². The second kappa shape index (κ2) is 16.8. The molecular weight excluding hydrogens is 428 g/mol. The molecule has 0 amide bonds. The summed E-state index contributed by atoms with van der Waals surface area (Å²) in [5.74, 6) is 0.916. The Kier molecular flexibility index (Phi) is 15.0. The van der Waals surface area contributed by atoms with Gasteiger partial charge >= 0.3 is 0 Å². The highest BCUT2D eigenvalue weighted by Gasteiger charge is 2.17. The van der Waals surface area contributed by atoms with Crippen LogP contribution in [0.25, 0.3) is 16.7 Å². The SMILES string of the molecule is C/C=C\C.C=CC=O.CCC.CNc1cccc(-n2c(=O)c(OC)c(C)c3cnc(C)nc32)c1. The molecule has 184 valence electrons. The van der Waals surface area contributed by atoms with Crippen LogP contribution in [-0.4, -0.2) is 35.0 Å². The second-order valence-electron chi connectivity index (χ2n) is 7.00. The minimum atomic E-state index is -0.233. The number of methoxy groups -OCH3 is 1. The molecule has 1 N–H and O–H groups in total. The van der Waals surface area contributed by atoms with E-state index in [-0.39, 0.29) is 5.56 Å². The lowest BCUT2D eigenvalue weighted by atomic mass is 10.1. The molecule has 0 unspecified atom stereocenters. The first-order valence-corrected chi connectivity index (χ1v) is 11.2. The van der Waals surface area contributed by atoms with Gasteiger partial charge in [-0.15, -0.1) is 0 Å². The van der Waals surface area contributed by atoms with E-state index < -0.39 is 0 Å². The van der Waals surface area contributed by atoms with Crippen LogP contribution in [-0.2, 0) is 4.79 Å². The Balaban J connectivity index is 0.000000837. The number of aromatic nitrogens is 3. The number of fused-ring (bicyclic) bond motifs is 1. The maximum absolute atomic E-state index is 12.9. The summed E-state index contributed by atoms with van der Waals surface area (Å²) in [5, 5.41) is 3.87. The minimum Gasteiger partial charge on any atom is -0.491 e. The molecule has 0 radical (unpaired) electrons. The van der Waals surface area contributed by atoms with Gasteiger partial charge in [-0.25, -0.2) is 9.97 Å². The van der Waals surface area contributed by atoms with Gasteiger partial charge in [-0.3, -0.25) is 14.2 Å². The Morgan fingerprint density at radius 3 is 2.24 bits per heavy atom. The molecule has 0 saturated heterocycles. The third-order valence-electron chi connectivity index (χ3n) is 4.27. The molecule has 3 aromatic rings. The molecule has 2 aromatic heterocycles. The highest BCUT2D eigenvalue weighted by Crippen LogP contribution is 2.25. The summed E-state index contributed by atoms with van der Waals surface area (Å²) in [6, 6.07) is 7.59. The number of ether oxygens (including phenoxy) is 1. The lowest BCUT2D eigenvalue weighted by Gasteiger charge is -2.15.